The molecule has 2 atom stereocenters. The Bertz CT molecular complexity index is 625. The summed E-state index contributed by atoms with van der Waals surface area (Å²) in [6.45, 7) is 4.20. The van der Waals surface area contributed by atoms with Crippen LogP contribution in [0.25, 0.3) is 11.0 Å². The zero-order valence-electron chi connectivity index (χ0n) is 12.2. The molecule has 0 radical (unpaired) electrons. The lowest BCUT2D eigenvalue weighted by molar-refractivity contribution is 0.266. The van der Waals surface area contributed by atoms with Gasteiger partial charge in [0.2, 0.25) is 0 Å². The standard InChI is InChI=1S/C15H21N5/c1-10-8-20(9-13(10)19(2)3)15-14(16)17-11-6-4-5-7-12(11)18-15/h4-7,10,13H,8-9H2,1-3H3,(H2,16,17). The molecule has 2 heterocycles. The van der Waals surface area contributed by atoms with Crippen LogP contribution in [0.2, 0.25) is 0 Å². The molecular weight excluding hydrogens is 250 g/mol. The number of nitrogen functional groups attached to an aromatic ring is 1. The number of para-hydroxylation sites is 2. The van der Waals surface area contributed by atoms with Crippen molar-refractivity contribution in [1.82, 2.24) is 14.9 Å². The van der Waals surface area contributed by atoms with E-state index >= 15 is 0 Å². The van der Waals surface area contributed by atoms with Gasteiger partial charge in [0.1, 0.15) is 0 Å². The highest BCUT2D eigenvalue weighted by molar-refractivity contribution is 5.79. The minimum Gasteiger partial charge on any atom is -0.381 e. The SMILES string of the molecule is CC1CN(c2nc3ccccc3nc2N)CC1N(C)C. The molecule has 106 valence electrons. The maximum absolute atomic E-state index is 6.10. The number of fused-ring (bicyclic) bond motifs is 1. The quantitative estimate of drug-likeness (QED) is 0.899. The van der Waals surface area contributed by atoms with Gasteiger partial charge in [-0.3, -0.25) is 0 Å². The normalized spacial score (nSPS) is 22.9. The van der Waals surface area contributed by atoms with Gasteiger partial charge in [-0.1, -0.05) is 19.1 Å². The van der Waals surface area contributed by atoms with Crippen molar-refractivity contribution in [3.8, 4) is 0 Å². The predicted octanol–water partition coefficient (Wildman–Crippen LogP) is 1.60. The average Bonchev–Trinajstić information content (AvgIpc) is 2.80. The minimum atomic E-state index is 0.523. The first kappa shape index (κ1) is 13.1. The van der Waals surface area contributed by atoms with E-state index in [0.29, 0.717) is 17.8 Å². The summed E-state index contributed by atoms with van der Waals surface area (Å²) in [4.78, 5) is 13.7. The van der Waals surface area contributed by atoms with Gasteiger partial charge in [0.05, 0.1) is 11.0 Å². The van der Waals surface area contributed by atoms with Crippen LogP contribution in [-0.2, 0) is 0 Å². The fraction of sp³-hybridized carbons (Fsp3) is 0.467. The number of nitrogens with zero attached hydrogens (tertiary/aromatic N) is 4. The second-order valence-electron chi connectivity index (χ2n) is 5.83. The van der Waals surface area contributed by atoms with Crippen LogP contribution in [0.3, 0.4) is 0 Å². The molecule has 1 aliphatic rings. The molecule has 1 fully saturated rings. The molecule has 1 aliphatic heterocycles. The van der Waals surface area contributed by atoms with E-state index in [2.05, 4.69) is 35.8 Å². The molecule has 1 aromatic carbocycles. The van der Waals surface area contributed by atoms with E-state index in [1.807, 2.05) is 24.3 Å². The lowest BCUT2D eigenvalue weighted by Crippen LogP contribution is -2.34. The van der Waals surface area contributed by atoms with Crippen molar-refractivity contribution in [3.05, 3.63) is 24.3 Å². The van der Waals surface area contributed by atoms with E-state index in [-0.39, 0.29) is 0 Å². The molecule has 0 saturated carbocycles. The lowest BCUT2D eigenvalue weighted by Gasteiger charge is -2.23. The first-order valence-corrected chi connectivity index (χ1v) is 7.00. The van der Waals surface area contributed by atoms with Gasteiger partial charge < -0.3 is 15.5 Å². The summed E-state index contributed by atoms with van der Waals surface area (Å²) in [6.07, 6.45) is 0. The largest absolute Gasteiger partial charge is 0.381 e. The topological polar surface area (TPSA) is 58.3 Å². The average molecular weight is 271 g/mol. The fourth-order valence-electron chi connectivity index (χ4n) is 3.03. The van der Waals surface area contributed by atoms with E-state index in [4.69, 9.17) is 10.7 Å². The van der Waals surface area contributed by atoms with Crippen LogP contribution in [0, 0.1) is 5.92 Å². The van der Waals surface area contributed by atoms with E-state index < -0.39 is 0 Å². The molecular formula is C15H21N5. The van der Waals surface area contributed by atoms with E-state index in [1.54, 1.807) is 0 Å². The number of likely N-dealkylation sites (N-methyl/N-ethyl adjacent to an activating group) is 1. The van der Waals surface area contributed by atoms with Gasteiger partial charge in [-0.25, -0.2) is 9.97 Å². The van der Waals surface area contributed by atoms with E-state index in [1.165, 1.54) is 0 Å². The second-order valence-corrected chi connectivity index (χ2v) is 5.83. The minimum absolute atomic E-state index is 0.523. The Kier molecular flexibility index (Phi) is 3.22. The van der Waals surface area contributed by atoms with Crippen molar-refractivity contribution in [3.63, 3.8) is 0 Å². The van der Waals surface area contributed by atoms with Crippen LogP contribution in [0.5, 0.6) is 0 Å². The van der Waals surface area contributed by atoms with Crippen molar-refractivity contribution in [1.29, 1.82) is 0 Å². The van der Waals surface area contributed by atoms with Crippen molar-refractivity contribution in [2.75, 3.05) is 37.8 Å². The molecule has 2 unspecified atom stereocenters. The molecule has 0 spiro atoms. The Morgan fingerprint density at radius 3 is 2.40 bits per heavy atom. The van der Waals surface area contributed by atoms with E-state index in [0.717, 1.165) is 29.9 Å². The summed E-state index contributed by atoms with van der Waals surface area (Å²) in [6, 6.07) is 8.39. The summed E-state index contributed by atoms with van der Waals surface area (Å²) in [7, 11) is 4.25. The van der Waals surface area contributed by atoms with Crippen molar-refractivity contribution < 1.29 is 0 Å². The third-order valence-corrected chi connectivity index (χ3v) is 4.11. The molecule has 0 amide bonds. The Morgan fingerprint density at radius 2 is 1.80 bits per heavy atom. The predicted molar refractivity (Wildman–Crippen MR) is 82.8 cm³/mol. The van der Waals surface area contributed by atoms with Gasteiger partial charge in [0.25, 0.3) is 0 Å². The zero-order chi connectivity index (χ0) is 14.3. The van der Waals surface area contributed by atoms with Crippen molar-refractivity contribution in [2.24, 2.45) is 5.92 Å². The van der Waals surface area contributed by atoms with Crippen LogP contribution in [0.1, 0.15) is 6.92 Å². The fourth-order valence-corrected chi connectivity index (χ4v) is 3.03. The number of nitrogens with two attached hydrogens (primary N) is 1. The highest BCUT2D eigenvalue weighted by atomic mass is 15.3. The summed E-state index contributed by atoms with van der Waals surface area (Å²) in [5.74, 6) is 1.94. The zero-order valence-corrected chi connectivity index (χ0v) is 12.2. The van der Waals surface area contributed by atoms with E-state index in [9.17, 15) is 0 Å². The smallest absolute Gasteiger partial charge is 0.172 e. The Morgan fingerprint density at radius 1 is 1.15 bits per heavy atom. The number of hydrogen-bond donors (Lipinski definition) is 1. The third-order valence-electron chi connectivity index (χ3n) is 4.11. The maximum atomic E-state index is 6.10. The molecule has 0 bridgehead atoms. The Hall–Kier alpha value is -1.88. The Balaban J connectivity index is 1.96. The lowest BCUT2D eigenvalue weighted by atomic mass is 10.1. The summed E-state index contributed by atoms with van der Waals surface area (Å²) < 4.78 is 0. The molecule has 5 nitrogen and oxygen atoms in total. The first-order chi connectivity index (χ1) is 9.56. The summed E-state index contributed by atoms with van der Waals surface area (Å²) in [5.41, 5.74) is 7.86. The number of hydrogen-bond acceptors (Lipinski definition) is 5. The molecule has 0 aliphatic carbocycles. The maximum Gasteiger partial charge on any atom is 0.172 e. The highest BCUT2D eigenvalue weighted by Crippen LogP contribution is 2.29. The van der Waals surface area contributed by atoms with Crippen LogP contribution < -0.4 is 10.6 Å². The van der Waals surface area contributed by atoms with Crippen molar-refractivity contribution >= 4 is 22.7 Å². The molecule has 2 N–H and O–H groups in total. The van der Waals surface area contributed by atoms with Crippen LogP contribution in [-0.4, -0.2) is 48.1 Å². The monoisotopic (exact) mass is 271 g/mol. The second kappa shape index (κ2) is 4.90. The highest BCUT2D eigenvalue weighted by Gasteiger charge is 2.32. The molecule has 20 heavy (non-hydrogen) atoms. The number of benzene rings is 1. The first-order valence-electron chi connectivity index (χ1n) is 7.00. The Labute approximate surface area is 119 Å². The van der Waals surface area contributed by atoms with Crippen molar-refractivity contribution in [2.45, 2.75) is 13.0 Å². The number of rotatable bonds is 2. The van der Waals surface area contributed by atoms with Gasteiger partial charge >= 0.3 is 0 Å². The number of anilines is 2. The van der Waals surface area contributed by atoms with Gasteiger partial charge in [-0.15, -0.1) is 0 Å². The number of aromatic nitrogens is 2. The molecule has 5 heteroatoms. The molecule has 1 saturated heterocycles. The van der Waals surface area contributed by atoms with Gasteiger partial charge in [0, 0.05) is 19.1 Å². The van der Waals surface area contributed by atoms with Gasteiger partial charge in [0.15, 0.2) is 11.6 Å². The summed E-state index contributed by atoms with van der Waals surface area (Å²) >= 11 is 0. The van der Waals surface area contributed by atoms with Gasteiger partial charge in [-0.2, -0.15) is 0 Å². The van der Waals surface area contributed by atoms with Crippen LogP contribution >= 0.6 is 0 Å². The molecule has 3 rings (SSSR count). The molecule has 1 aromatic heterocycles. The van der Waals surface area contributed by atoms with Gasteiger partial charge in [-0.05, 0) is 32.1 Å². The summed E-state index contributed by atoms with van der Waals surface area (Å²) in [5, 5.41) is 0. The van der Waals surface area contributed by atoms with Crippen LogP contribution in [0.4, 0.5) is 11.6 Å². The molecule has 2 aromatic rings. The third kappa shape index (κ3) is 2.18. The van der Waals surface area contributed by atoms with Crippen LogP contribution in [0.15, 0.2) is 24.3 Å².